The zero-order valence-corrected chi connectivity index (χ0v) is 19.9. The van der Waals surface area contributed by atoms with Crippen molar-refractivity contribution in [2.24, 2.45) is 0 Å². The minimum absolute atomic E-state index is 0.255. The molecule has 0 N–H and O–H groups in total. The van der Waals surface area contributed by atoms with Crippen molar-refractivity contribution in [3.8, 4) is 22.3 Å². The van der Waals surface area contributed by atoms with E-state index < -0.39 is 0 Å². The van der Waals surface area contributed by atoms with Gasteiger partial charge < -0.3 is 0 Å². The Balaban J connectivity index is 1.31. The summed E-state index contributed by atoms with van der Waals surface area (Å²) < 4.78 is 0. The summed E-state index contributed by atoms with van der Waals surface area (Å²) in [6.45, 7) is 4.53. The fraction of sp³-hybridized carbons (Fsp3) is 0.200. The molecule has 0 aliphatic heterocycles. The van der Waals surface area contributed by atoms with Gasteiger partial charge in [0.15, 0.2) is 0 Å². The molecule has 0 bridgehead atoms. The van der Waals surface area contributed by atoms with Gasteiger partial charge in [0.2, 0.25) is 0 Å². The normalized spacial score (nSPS) is 13.0. The Kier molecular flexibility index (Phi) is 4.47. The number of fused-ring (bicyclic) bond motifs is 6. The van der Waals surface area contributed by atoms with Crippen LogP contribution in [0, 0.1) is 13.8 Å². The van der Waals surface area contributed by atoms with Gasteiger partial charge in [0.05, 0.1) is 0 Å². The maximum absolute atomic E-state index is 2.46. The van der Waals surface area contributed by atoms with E-state index in [9.17, 15) is 0 Å². The largest absolute Gasteiger partial charge is 0.0619 e. The van der Waals surface area contributed by atoms with Crippen LogP contribution in [0.2, 0.25) is 0 Å². The molecule has 4 aromatic carbocycles. The molecule has 0 spiro atoms. The lowest BCUT2D eigenvalue weighted by molar-refractivity contribution is 1.21. The number of hydrogen-bond acceptors (Lipinski definition) is 0. The average molecular weight is 417 g/mol. The summed E-state index contributed by atoms with van der Waals surface area (Å²) in [6, 6.07) is 30.3. The molecule has 31 heavy (non-hydrogen) atoms. The zero-order valence-electron chi connectivity index (χ0n) is 18.5. The van der Waals surface area contributed by atoms with Crippen LogP contribution in [0.3, 0.4) is 0 Å². The molecule has 0 nitrogen and oxygen atoms in total. The molecule has 0 fully saturated rings. The van der Waals surface area contributed by atoms with Crippen molar-refractivity contribution >= 4 is 9.52 Å². The Bertz CT molecular complexity index is 1230. The number of hydrogen-bond donors (Lipinski definition) is 0. The van der Waals surface area contributed by atoms with Crippen molar-refractivity contribution in [1.29, 1.82) is 0 Å². The third-order valence-electron chi connectivity index (χ3n) is 7.12. The molecule has 2 aliphatic carbocycles. The van der Waals surface area contributed by atoms with E-state index in [2.05, 4.69) is 86.6 Å². The highest BCUT2D eigenvalue weighted by molar-refractivity contribution is 6.35. The molecule has 4 aromatic rings. The lowest BCUT2D eigenvalue weighted by atomic mass is 9.98. The molecule has 0 unspecified atom stereocenters. The van der Waals surface area contributed by atoms with Crippen LogP contribution in [0.5, 0.6) is 0 Å². The molecule has 0 amide bonds. The van der Waals surface area contributed by atoms with Crippen molar-refractivity contribution in [2.75, 3.05) is 0 Å². The van der Waals surface area contributed by atoms with Crippen LogP contribution in [-0.2, 0) is 24.9 Å². The van der Waals surface area contributed by atoms with Crippen molar-refractivity contribution in [3.63, 3.8) is 0 Å². The lowest BCUT2D eigenvalue weighted by Gasteiger charge is -2.14. The van der Waals surface area contributed by atoms with Crippen LogP contribution in [-0.4, -0.2) is 9.52 Å². The predicted octanol–water partition coefficient (Wildman–Crippen LogP) is 6.31. The van der Waals surface area contributed by atoms with Gasteiger partial charge in [-0.1, -0.05) is 83.9 Å². The summed E-state index contributed by atoms with van der Waals surface area (Å²) in [4.78, 5) is 0. The van der Waals surface area contributed by atoms with Gasteiger partial charge in [-0.05, 0) is 94.4 Å². The molecule has 0 saturated heterocycles. The minimum atomic E-state index is -0.255. The van der Waals surface area contributed by atoms with Crippen LogP contribution in [0.1, 0.15) is 44.5 Å². The second kappa shape index (κ2) is 7.35. The summed E-state index contributed by atoms with van der Waals surface area (Å²) in [5.74, 6) is 0. The lowest BCUT2D eigenvalue weighted by Crippen LogP contribution is -2.06. The van der Waals surface area contributed by atoms with Gasteiger partial charge in [0.1, 0.15) is 0 Å². The Morgan fingerprint density at radius 1 is 0.581 bits per heavy atom. The summed E-state index contributed by atoms with van der Waals surface area (Å²) in [7, 11) is -0.255. The number of aryl methyl sites for hydroxylation is 2. The summed E-state index contributed by atoms with van der Waals surface area (Å²) >= 11 is 0. The number of rotatable bonds is 4. The molecule has 0 aromatic heterocycles. The first-order valence-corrected chi connectivity index (χ1v) is 13.6. The van der Waals surface area contributed by atoms with Crippen molar-refractivity contribution < 1.29 is 0 Å². The predicted molar refractivity (Wildman–Crippen MR) is 135 cm³/mol. The highest BCUT2D eigenvalue weighted by atomic mass is 28.2. The standard InChI is InChI=1S/C30H28Si/c1-19-11-23-15-21-7-3-5-9-27(21)29(23)25(13-19)17-31-18-26-14-20(2)12-24-16-22-8-4-6-10-28(22)30(24)26/h3-14H,15-18,31H2,1-2H3. The van der Waals surface area contributed by atoms with E-state index in [0.717, 1.165) is 12.8 Å². The molecule has 2 aliphatic rings. The second-order valence-corrected chi connectivity index (χ2v) is 11.1. The van der Waals surface area contributed by atoms with Crippen LogP contribution >= 0.6 is 0 Å². The fourth-order valence-corrected chi connectivity index (χ4v) is 7.69. The second-order valence-electron chi connectivity index (χ2n) is 9.44. The number of benzene rings is 4. The van der Waals surface area contributed by atoms with E-state index in [0.29, 0.717) is 0 Å². The van der Waals surface area contributed by atoms with E-state index in [1.165, 1.54) is 56.6 Å². The van der Waals surface area contributed by atoms with E-state index in [1.807, 2.05) is 0 Å². The van der Waals surface area contributed by atoms with Gasteiger partial charge in [0.25, 0.3) is 0 Å². The van der Waals surface area contributed by atoms with Gasteiger partial charge >= 0.3 is 0 Å². The summed E-state index contributed by atoms with van der Waals surface area (Å²) in [6.07, 6.45) is 2.20. The van der Waals surface area contributed by atoms with Gasteiger partial charge in [0, 0.05) is 9.52 Å². The third-order valence-corrected chi connectivity index (χ3v) is 8.90. The smallest absolute Gasteiger partial charge is 0.0297 e. The topological polar surface area (TPSA) is 0 Å². The van der Waals surface area contributed by atoms with Crippen LogP contribution < -0.4 is 0 Å². The molecule has 0 atom stereocenters. The van der Waals surface area contributed by atoms with Gasteiger partial charge in [-0.2, -0.15) is 0 Å². The van der Waals surface area contributed by atoms with E-state index in [1.54, 1.807) is 22.3 Å². The first kappa shape index (κ1) is 18.8. The van der Waals surface area contributed by atoms with Crippen molar-refractivity contribution in [2.45, 2.75) is 38.8 Å². The van der Waals surface area contributed by atoms with Gasteiger partial charge in [-0.25, -0.2) is 0 Å². The van der Waals surface area contributed by atoms with E-state index in [4.69, 9.17) is 0 Å². The SMILES string of the molecule is Cc1cc(C[SiH2]Cc2cc(C)cc3c2-c2ccccc2C3)c2c(c1)Cc1ccccc1-2. The minimum Gasteiger partial charge on any atom is -0.0619 e. The highest BCUT2D eigenvalue weighted by Gasteiger charge is 2.23. The van der Waals surface area contributed by atoms with Crippen LogP contribution in [0.15, 0.2) is 72.8 Å². The quantitative estimate of drug-likeness (QED) is 0.295. The molecule has 1 heteroatoms. The molecule has 6 rings (SSSR count). The van der Waals surface area contributed by atoms with Crippen LogP contribution in [0.25, 0.3) is 22.3 Å². The zero-order chi connectivity index (χ0) is 20.9. The highest BCUT2D eigenvalue weighted by Crippen LogP contribution is 2.41. The van der Waals surface area contributed by atoms with Gasteiger partial charge in [-0.3, -0.25) is 0 Å². The van der Waals surface area contributed by atoms with E-state index in [-0.39, 0.29) is 9.52 Å². The Hall–Kier alpha value is -2.90. The molecule has 0 radical (unpaired) electrons. The Morgan fingerprint density at radius 2 is 1.03 bits per heavy atom. The summed E-state index contributed by atoms with van der Waals surface area (Å²) in [5.41, 5.74) is 18.2. The van der Waals surface area contributed by atoms with Crippen molar-refractivity contribution in [1.82, 2.24) is 0 Å². The first-order chi connectivity index (χ1) is 15.2. The van der Waals surface area contributed by atoms with E-state index >= 15 is 0 Å². The maximum Gasteiger partial charge on any atom is 0.0297 e. The van der Waals surface area contributed by atoms with Crippen molar-refractivity contribution in [3.05, 3.63) is 117 Å². The Labute approximate surface area is 187 Å². The first-order valence-electron chi connectivity index (χ1n) is 11.6. The summed E-state index contributed by atoms with van der Waals surface area (Å²) in [5, 5.41) is 0. The van der Waals surface area contributed by atoms with Crippen LogP contribution in [0.4, 0.5) is 0 Å². The molecule has 0 saturated carbocycles. The third kappa shape index (κ3) is 3.19. The van der Waals surface area contributed by atoms with Gasteiger partial charge in [-0.15, -0.1) is 0 Å². The molecule has 152 valence electrons. The molecular weight excluding hydrogens is 388 g/mol. The molecular formula is C30H28Si. The Morgan fingerprint density at radius 3 is 1.52 bits per heavy atom. The maximum atomic E-state index is 2.46. The molecule has 0 heterocycles. The monoisotopic (exact) mass is 416 g/mol. The average Bonchev–Trinajstić information content (AvgIpc) is 3.31. The fourth-order valence-electron chi connectivity index (χ4n) is 5.97.